The average Bonchev–Trinajstić information content (AvgIpc) is 3.53. The van der Waals surface area contributed by atoms with E-state index in [-0.39, 0.29) is 24.4 Å². The number of thioether (sulfide) groups is 1. The molecule has 5 heterocycles. The van der Waals surface area contributed by atoms with Crippen LogP contribution >= 0.6 is 11.8 Å². The number of furan rings is 1. The van der Waals surface area contributed by atoms with Gasteiger partial charge in [0.05, 0.1) is 45.1 Å². The number of hydrogen-bond acceptors (Lipinski definition) is 10. The molecule has 0 aliphatic carbocycles. The summed E-state index contributed by atoms with van der Waals surface area (Å²) < 4.78 is 30.8. The summed E-state index contributed by atoms with van der Waals surface area (Å²) in [5.74, 6) is 1.55. The molecule has 0 N–H and O–H groups in total. The number of nitrogens with zero attached hydrogens (tertiary/aromatic N) is 5. The van der Waals surface area contributed by atoms with E-state index in [1.54, 1.807) is 6.26 Å². The Morgan fingerprint density at radius 1 is 1.17 bits per heavy atom. The standard InChI is InChI=1S/C18H25N5O5S/c1-2-13(25-6-1)12-29-18-19-20-21-23(18)14-10-27-17-15(11-28-16(14)17)26-9-5-22-3-7-24-8-4-22/h1-2,6,14-17H,3-5,7-12H2. The lowest BCUT2D eigenvalue weighted by Crippen LogP contribution is -2.40. The molecular weight excluding hydrogens is 398 g/mol. The predicted octanol–water partition coefficient (Wildman–Crippen LogP) is 0.615. The average molecular weight is 423 g/mol. The first kappa shape index (κ1) is 19.5. The van der Waals surface area contributed by atoms with Gasteiger partial charge in [-0.3, -0.25) is 4.90 Å². The Labute approximate surface area is 172 Å². The third-order valence-electron chi connectivity index (χ3n) is 5.53. The van der Waals surface area contributed by atoms with Crippen LogP contribution in [0.5, 0.6) is 0 Å². The number of tetrazole rings is 1. The lowest BCUT2D eigenvalue weighted by Gasteiger charge is -2.27. The van der Waals surface area contributed by atoms with E-state index in [1.165, 1.54) is 11.8 Å². The van der Waals surface area contributed by atoms with Crippen LogP contribution in [0.1, 0.15) is 11.8 Å². The molecule has 2 aromatic heterocycles. The van der Waals surface area contributed by atoms with E-state index in [4.69, 9.17) is 23.4 Å². The third kappa shape index (κ3) is 4.35. The molecule has 11 heteroatoms. The van der Waals surface area contributed by atoms with Crippen molar-refractivity contribution in [2.75, 3.05) is 52.7 Å². The maximum atomic E-state index is 6.10. The SMILES string of the molecule is c1coc(CSc2nnnn2C2COC3C(OCCN4CCOCC4)COC32)c1. The lowest BCUT2D eigenvalue weighted by atomic mass is 10.1. The van der Waals surface area contributed by atoms with Gasteiger partial charge in [-0.1, -0.05) is 11.8 Å². The number of fused-ring (bicyclic) bond motifs is 1. The quantitative estimate of drug-likeness (QED) is 0.562. The molecule has 158 valence electrons. The molecule has 0 amide bonds. The normalized spacial score (nSPS) is 30.1. The summed E-state index contributed by atoms with van der Waals surface area (Å²) in [7, 11) is 0. The minimum absolute atomic E-state index is 0.0538. The van der Waals surface area contributed by atoms with Gasteiger partial charge >= 0.3 is 0 Å². The molecule has 5 rings (SSSR count). The van der Waals surface area contributed by atoms with E-state index in [1.807, 2.05) is 16.8 Å². The van der Waals surface area contributed by atoms with Gasteiger partial charge in [0.15, 0.2) is 0 Å². The van der Waals surface area contributed by atoms with Gasteiger partial charge < -0.3 is 23.4 Å². The summed E-state index contributed by atoms with van der Waals surface area (Å²) in [6, 6.07) is 3.76. The Balaban J connectivity index is 1.15. The molecule has 0 radical (unpaired) electrons. The maximum Gasteiger partial charge on any atom is 0.210 e. The Kier molecular flexibility index (Phi) is 6.11. The highest BCUT2D eigenvalue weighted by molar-refractivity contribution is 7.98. The van der Waals surface area contributed by atoms with Crippen LogP contribution in [0.4, 0.5) is 0 Å². The molecule has 0 bridgehead atoms. The molecule has 3 saturated heterocycles. The molecule has 29 heavy (non-hydrogen) atoms. The Hall–Kier alpha value is -1.50. The topological polar surface area (TPSA) is 96.9 Å². The molecule has 3 aliphatic rings. The van der Waals surface area contributed by atoms with Gasteiger partial charge in [-0.2, -0.15) is 0 Å². The number of hydrogen-bond donors (Lipinski definition) is 0. The second kappa shape index (κ2) is 9.11. The Morgan fingerprint density at radius 3 is 2.93 bits per heavy atom. The van der Waals surface area contributed by atoms with Gasteiger partial charge in [0.25, 0.3) is 0 Å². The minimum Gasteiger partial charge on any atom is -0.468 e. The highest BCUT2D eigenvalue weighted by atomic mass is 32.2. The van der Waals surface area contributed by atoms with Gasteiger partial charge in [0.1, 0.15) is 30.1 Å². The van der Waals surface area contributed by atoms with Crippen molar-refractivity contribution >= 4 is 11.8 Å². The first-order valence-corrected chi connectivity index (χ1v) is 10.9. The van der Waals surface area contributed by atoms with Gasteiger partial charge in [-0.05, 0) is 22.6 Å². The summed E-state index contributed by atoms with van der Waals surface area (Å²) in [4.78, 5) is 2.36. The Morgan fingerprint density at radius 2 is 2.07 bits per heavy atom. The fourth-order valence-corrected chi connectivity index (χ4v) is 4.81. The molecule has 3 aliphatic heterocycles. The van der Waals surface area contributed by atoms with Crippen LogP contribution in [0.25, 0.3) is 0 Å². The van der Waals surface area contributed by atoms with E-state index in [0.717, 1.165) is 43.8 Å². The summed E-state index contributed by atoms with van der Waals surface area (Å²) in [6.45, 7) is 6.15. The van der Waals surface area contributed by atoms with Crippen molar-refractivity contribution in [2.24, 2.45) is 0 Å². The number of ether oxygens (including phenoxy) is 4. The maximum absolute atomic E-state index is 6.10. The first-order chi connectivity index (χ1) is 14.4. The van der Waals surface area contributed by atoms with Crippen LogP contribution in [0.3, 0.4) is 0 Å². The third-order valence-corrected chi connectivity index (χ3v) is 6.48. The van der Waals surface area contributed by atoms with E-state index in [9.17, 15) is 0 Å². The Bertz CT molecular complexity index is 769. The highest BCUT2D eigenvalue weighted by Gasteiger charge is 2.50. The van der Waals surface area contributed by atoms with Crippen molar-refractivity contribution in [3.8, 4) is 0 Å². The predicted molar refractivity (Wildman–Crippen MR) is 102 cm³/mol. The molecule has 4 unspecified atom stereocenters. The van der Waals surface area contributed by atoms with Gasteiger partial charge in [-0.25, -0.2) is 4.68 Å². The molecule has 4 atom stereocenters. The van der Waals surface area contributed by atoms with Crippen molar-refractivity contribution < 1.29 is 23.4 Å². The second-order valence-corrected chi connectivity index (χ2v) is 8.24. The zero-order chi connectivity index (χ0) is 19.5. The molecular formula is C18H25N5O5S. The largest absolute Gasteiger partial charge is 0.468 e. The molecule has 0 aromatic carbocycles. The van der Waals surface area contributed by atoms with E-state index < -0.39 is 0 Å². The van der Waals surface area contributed by atoms with Gasteiger partial charge in [0, 0.05) is 19.6 Å². The molecule has 2 aromatic rings. The van der Waals surface area contributed by atoms with Crippen molar-refractivity contribution in [1.82, 2.24) is 25.1 Å². The van der Waals surface area contributed by atoms with Crippen LogP contribution in [0, 0.1) is 0 Å². The number of rotatable bonds is 8. The molecule has 10 nitrogen and oxygen atoms in total. The zero-order valence-electron chi connectivity index (χ0n) is 16.1. The van der Waals surface area contributed by atoms with E-state index in [0.29, 0.717) is 25.6 Å². The van der Waals surface area contributed by atoms with Crippen molar-refractivity contribution in [3.63, 3.8) is 0 Å². The lowest BCUT2D eigenvalue weighted by molar-refractivity contribution is -0.0450. The molecule has 0 saturated carbocycles. The van der Waals surface area contributed by atoms with Crippen molar-refractivity contribution in [3.05, 3.63) is 24.2 Å². The number of morpholine rings is 1. The minimum atomic E-state index is -0.102. The van der Waals surface area contributed by atoms with Crippen LogP contribution in [0.2, 0.25) is 0 Å². The molecule has 0 spiro atoms. The van der Waals surface area contributed by atoms with Gasteiger partial charge in [-0.15, -0.1) is 5.10 Å². The fourth-order valence-electron chi connectivity index (χ4n) is 3.97. The summed E-state index contributed by atoms with van der Waals surface area (Å²) in [5, 5.41) is 12.9. The first-order valence-electron chi connectivity index (χ1n) is 9.96. The zero-order valence-corrected chi connectivity index (χ0v) is 16.9. The van der Waals surface area contributed by atoms with Crippen molar-refractivity contribution in [2.45, 2.75) is 35.3 Å². The smallest absolute Gasteiger partial charge is 0.210 e. The van der Waals surface area contributed by atoms with Gasteiger partial charge in [0.2, 0.25) is 5.16 Å². The van der Waals surface area contributed by atoms with Crippen molar-refractivity contribution in [1.29, 1.82) is 0 Å². The fraction of sp³-hybridized carbons (Fsp3) is 0.722. The van der Waals surface area contributed by atoms with E-state index >= 15 is 0 Å². The van der Waals surface area contributed by atoms with Crippen LogP contribution in [-0.2, 0) is 24.7 Å². The number of aromatic nitrogens is 4. The molecule has 3 fully saturated rings. The summed E-state index contributed by atoms with van der Waals surface area (Å²) in [6.07, 6.45) is 1.42. The van der Waals surface area contributed by atoms with Crippen LogP contribution in [-0.4, -0.2) is 96.1 Å². The van der Waals surface area contributed by atoms with E-state index in [2.05, 4.69) is 20.4 Å². The highest BCUT2D eigenvalue weighted by Crippen LogP contribution is 2.36. The summed E-state index contributed by atoms with van der Waals surface area (Å²) in [5.41, 5.74) is 0. The second-order valence-electron chi connectivity index (χ2n) is 7.30. The van der Waals surface area contributed by atoms with Crippen LogP contribution < -0.4 is 0 Å². The van der Waals surface area contributed by atoms with Crippen LogP contribution in [0.15, 0.2) is 28.0 Å². The monoisotopic (exact) mass is 423 g/mol. The summed E-state index contributed by atoms with van der Waals surface area (Å²) >= 11 is 1.54.